The van der Waals surface area contributed by atoms with Gasteiger partial charge in [0.25, 0.3) is 0 Å². The second-order valence-corrected chi connectivity index (χ2v) is 5.95. The van der Waals surface area contributed by atoms with Crippen molar-refractivity contribution in [1.29, 1.82) is 0 Å². The molecule has 0 fully saturated rings. The third kappa shape index (κ3) is 4.16. The summed E-state index contributed by atoms with van der Waals surface area (Å²) in [4.78, 5) is 0. The number of ether oxygens (including phenoxy) is 1. The standard InChI is InChI=1S/C16H16Br2O/c1-12(13-5-3-2-4-6-13)19-16(11-17)14-7-9-15(18)10-8-14/h2-10,12,16H,11H2,1H3. The minimum atomic E-state index is 0.0586. The van der Waals surface area contributed by atoms with Crippen molar-refractivity contribution in [2.45, 2.75) is 19.1 Å². The van der Waals surface area contributed by atoms with E-state index < -0.39 is 0 Å². The summed E-state index contributed by atoms with van der Waals surface area (Å²) in [6.07, 6.45) is 0.135. The Bertz CT molecular complexity index is 496. The van der Waals surface area contributed by atoms with Crippen molar-refractivity contribution in [1.82, 2.24) is 0 Å². The quantitative estimate of drug-likeness (QED) is 0.605. The van der Waals surface area contributed by atoms with Crippen molar-refractivity contribution in [3.8, 4) is 0 Å². The predicted molar refractivity (Wildman–Crippen MR) is 86.6 cm³/mol. The van der Waals surface area contributed by atoms with Crippen LogP contribution in [0.1, 0.15) is 30.3 Å². The van der Waals surface area contributed by atoms with Crippen molar-refractivity contribution >= 4 is 31.9 Å². The van der Waals surface area contributed by atoms with E-state index in [0.717, 1.165) is 9.80 Å². The Morgan fingerprint density at radius 2 is 1.58 bits per heavy atom. The molecule has 2 aromatic carbocycles. The Balaban J connectivity index is 2.09. The van der Waals surface area contributed by atoms with E-state index >= 15 is 0 Å². The van der Waals surface area contributed by atoms with Gasteiger partial charge >= 0.3 is 0 Å². The van der Waals surface area contributed by atoms with Crippen LogP contribution in [0.4, 0.5) is 0 Å². The SMILES string of the molecule is CC(OC(CBr)c1ccc(Br)cc1)c1ccccc1. The minimum Gasteiger partial charge on any atom is -0.365 e. The van der Waals surface area contributed by atoms with E-state index in [4.69, 9.17) is 4.74 Å². The fourth-order valence-electron chi connectivity index (χ4n) is 1.93. The molecule has 0 aromatic heterocycles. The molecule has 0 radical (unpaired) electrons. The molecule has 0 saturated heterocycles. The van der Waals surface area contributed by atoms with E-state index in [-0.39, 0.29) is 12.2 Å². The average molecular weight is 384 g/mol. The zero-order chi connectivity index (χ0) is 13.7. The monoisotopic (exact) mass is 382 g/mol. The van der Waals surface area contributed by atoms with Crippen molar-refractivity contribution in [2.75, 3.05) is 5.33 Å². The van der Waals surface area contributed by atoms with E-state index in [2.05, 4.69) is 63.0 Å². The maximum absolute atomic E-state index is 6.15. The molecule has 0 aliphatic rings. The first-order valence-electron chi connectivity index (χ1n) is 6.22. The highest BCUT2D eigenvalue weighted by Gasteiger charge is 2.15. The molecule has 2 atom stereocenters. The molecule has 19 heavy (non-hydrogen) atoms. The van der Waals surface area contributed by atoms with Crippen LogP contribution in [0.25, 0.3) is 0 Å². The molecule has 100 valence electrons. The first kappa shape index (κ1) is 14.8. The van der Waals surface area contributed by atoms with Crippen LogP contribution in [-0.4, -0.2) is 5.33 Å². The number of rotatable bonds is 5. The van der Waals surface area contributed by atoms with Crippen molar-refractivity contribution in [3.05, 3.63) is 70.2 Å². The summed E-state index contributed by atoms with van der Waals surface area (Å²) in [5.74, 6) is 0. The summed E-state index contributed by atoms with van der Waals surface area (Å²) in [7, 11) is 0. The van der Waals surface area contributed by atoms with Crippen LogP contribution in [-0.2, 0) is 4.74 Å². The zero-order valence-corrected chi connectivity index (χ0v) is 13.9. The summed E-state index contributed by atoms with van der Waals surface area (Å²) in [6.45, 7) is 2.09. The Hall–Kier alpha value is -0.640. The Kier molecular flexibility index (Phi) is 5.61. The van der Waals surface area contributed by atoms with Gasteiger partial charge in [0.2, 0.25) is 0 Å². The van der Waals surface area contributed by atoms with Crippen molar-refractivity contribution in [3.63, 3.8) is 0 Å². The molecule has 0 aliphatic heterocycles. The number of alkyl halides is 1. The predicted octanol–water partition coefficient (Wildman–Crippen LogP) is 5.66. The average Bonchev–Trinajstić information content (AvgIpc) is 2.46. The van der Waals surface area contributed by atoms with Crippen molar-refractivity contribution < 1.29 is 4.74 Å². The van der Waals surface area contributed by atoms with Gasteiger partial charge in [-0.15, -0.1) is 0 Å². The molecular weight excluding hydrogens is 368 g/mol. The second-order valence-electron chi connectivity index (χ2n) is 4.38. The zero-order valence-electron chi connectivity index (χ0n) is 10.7. The molecule has 0 bridgehead atoms. The molecule has 1 nitrogen and oxygen atoms in total. The van der Waals surface area contributed by atoms with Crippen molar-refractivity contribution in [2.24, 2.45) is 0 Å². The summed E-state index contributed by atoms with van der Waals surface area (Å²) in [6, 6.07) is 18.6. The molecule has 2 unspecified atom stereocenters. The third-order valence-electron chi connectivity index (χ3n) is 3.02. The van der Waals surface area contributed by atoms with Gasteiger partial charge in [0, 0.05) is 9.80 Å². The highest BCUT2D eigenvalue weighted by atomic mass is 79.9. The Morgan fingerprint density at radius 1 is 0.947 bits per heavy atom. The van der Waals surface area contributed by atoms with Crippen LogP contribution >= 0.6 is 31.9 Å². The summed E-state index contributed by atoms with van der Waals surface area (Å²) in [5.41, 5.74) is 2.38. The fourth-order valence-corrected chi connectivity index (χ4v) is 2.72. The van der Waals surface area contributed by atoms with E-state index in [9.17, 15) is 0 Å². The largest absolute Gasteiger partial charge is 0.365 e. The van der Waals surface area contributed by atoms with Crippen LogP contribution in [0.5, 0.6) is 0 Å². The summed E-state index contributed by atoms with van der Waals surface area (Å²) in [5, 5.41) is 0.784. The molecule has 0 heterocycles. The molecule has 0 aliphatic carbocycles. The van der Waals surface area contributed by atoms with Gasteiger partial charge in [0.05, 0.1) is 12.2 Å². The van der Waals surface area contributed by atoms with Gasteiger partial charge in [-0.3, -0.25) is 0 Å². The number of hydrogen-bond acceptors (Lipinski definition) is 1. The molecule has 0 spiro atoms. The molecule has 0 amide bonds. The highest BCUT2D eigenvalue weighted by molar-refractivity contribution is 9.10. The maximum atomic E-state index is 6.15. The molecular formula is C16H16Br2O. The van der Waals surface area contributed by atoms with Gasteiger partial charge in [0.1, 0.15) is 0 Å². The van der Waals surface area contributed by atoms with Crippen LogP contribution < -0.4 is 0 Å². The van der Waals surface area contributed by atoms with Crippen LogP contribution in [0.2, 0.25) is 0 Å². The van der Waals surface area contributed by atoms with E-state index in [1.165, 1.54) is 11.1 Å². The van der Waals surface area contributed by atoms with Gasteiger partial charge in [-0.05, 0) is 30.2 Å². The fraction of sp³-hybridized carbons (Fsp3) is 0.250. The minimum absolute atomic E-state index is 0.0586. The summed E-state index contributed by atoms with van der Waals surface area (Å²) < 4.78 is 7.23. The van der Waals surface area contributed by atoms with Crippen LogP contribution in [0, 0.1) is 0 Å². The van der Waals surface area contributed by atoms with Gasteiger partial charge in [-0.2, -0.15) is 0 Å². The smallest absolute Gasteiger partial charge is 0.0929 e. The van der Waals surface area contributed by atoms with Gasteiger partial charge in [-0.1, -0.05) is 74.3 Å². The number of benzene rings is 2. The lowest BCUT2D eigenvalue weighted by Gasteiger charge is -2.21. The summed E-state index contributed by atoms with van der Waals surface area (Å²) >= 11 is 6.99. The second kappa shape index (κ2) is 7.22. The third-order valence-corrected chi connectivity index (χ3v) is 4.14. The molecule has 0 saturated carbocycles. The lowest BCUT2D eigenvalue weighted by atomic mass is 10.1. The van der Waals surface area contributed by atoms with Crippen LogP contribution in [0.15, 0.2) is 59.1 Å². The topological polar surface area (TPSA) is 9.23 Å². The van der Waals surface area contributed by atoms with Gasteiger partial charge in [0.15, 0.2) is 0 Å². The maximum Gasteiger partial charge on any atom is 0.0929 e. The number of hydrogen-bond donors (Lipinski definition) is 0. The van der Waals surface area contributed by atoms with Gasteiger partial charge < -0.3 is 4.74 Å². The Labute approximate surface area is 131 Å². The lowest BCUT2D eigenvalue weighted by molar-refractivity contribution is 0.00932. The Morgan fingerprint density at radius 3 is 2.16 bits per heavy atom. The first-order chi connectivity index (χ1) is 9.20. The lowest BCUT2D eigenvalue weighted by Crippen LogP contribution is -2.09. The van der Waals surface area contributed by atoms with E-state index in [0.29, 0.717) is 0 Å². The number of halogens is 2. The molecule has 2 aromatic rings. The van der Waals surface area contributed by atoms with E-state index in [1.54, 1.807) is 0 Å². The molecule has 2 rings (SSSR count). The molecule has 3 heteroatoms. The molecule has 0 N–H and O–H groups in total. The van der Waals surface area contributed by atoms with Gasteiger partial charge in [-0.25, -0.2) is 0 Å². The van der Waals surface area contributed by atoms with E-state index in [1.807, 2.05) is 30.3 Å². The van der Waals surface area contributed by atoms with Crippen LogP contribution in [0.3, 0.4) is 0 Å². The normalized spacial score (nSPS) is 14.1. The first-order valence-corrected chi connectivity index (χ1v) is 8.14. The highest BCUT2D eigenvalue weighted by Crippen LogP contribution is 2.28.